The summed E-state index contributed by atoms with van der Waals surface area (Å²) in [6, 6.07) is 0. The number of carbonyl (C=O) groups excluding carboxylic acids is 1. The van der Waals surface area contributed by atoms with Crippen molar-refractivity contribution in [3.05, 3.63) is 11.9 Å². The number of nitrogens with one attached hydrogen (secondary N) is 1. The molecule has 1 saturated heterocycles. The predicted octanol–water partition coefficient (Wildman–Crippen LogP) is 1.34. The summed E-state index contributed by atoms with van der Waals surface area (Å²) < 4.78 is 5.48. The Labute approximate surface area is 88.2 Å². The van der Waals surface area contributed by atoms with Crippen LogP contribution < -0.4 is 0 Å². The molecule has 0 spiro atoms. The molecule has 2 rings (SSSR count). The molecule has 15 heavy (non-hydrogen) atoms. The lowest BCUT2D eigenvalue weighted by atomic mass is 10.1. The monoisotopic (exact) mass is 209 g/mol. The fourth-order valence-corrected chi connectivity index (χ4v) is 1.83. The maximum absolute atomic E-state index is 11.5. The van der Waals surface area contributed by atoms with Gasteiger partial charge in [0.05, 0.1) is 12.3 Å². The molecular weight excluding hydrogens is 194 g/mol. The second-order valence-corrected chi connectivity index (χ2v) is 3.81. The van der Waals surface area contributed by atoms with Crippen LogP contribution in [-0.4, -0.2) is 33.9 Å². The van der Waals surface area contributed by atoms with Crippen molar-refractivity contribution >= 4 is 5.78 Å². The molecule has 0 radical (unpaired) electrons. The van der Waals surface area contributed by atoms with Crippen molar-refractivity contribution in [3.63, 3.8) is 0 Å². The number of ketones is 1. The quantitative estimate of drug-likeness (QED) is 0.743. The van der Waals surface area contributed by atoms with Gasteiger partial charge in [0, 0.05) is 13.0 Å². The summed E-state index contributed by atoms with van der Waals surface area (Å²) in [4.78, 5) is 11.5. The van der Waals surface area contributed by atoms with Crippen LogP contribution in [0.1, 0.15) is 42.6 Å². The van der Waals surface area contributed by atoms with Gasteiger partial charge in [-0.2, -0.15) is 15.4 Å². The van der Waals surface area contributed by atoms with Crippen LogP contribution >= 0.6 is 0 Å². The molecule has 1 aliphatic rings. The lowest BCUT2D eigenvalue weighted by molar-refractivity contribution is 0.0919. The number of H-pyrrole nitrogens is 1. The molecule has 0 amide bonds. The first-order valence-electron chi connectivity index (χ1n) is 5.37. The third kappa shape index (κ3) is 2.86. The van der Waals surface area contributed by atoms with Gasteiger partial charge in [0.1, 0.15) is 5.69 Å². The van der Waals surface area contributed by atoms with Gasteiger partial charge in [-0.05, 0) is 25.7 Å². The van der Waals surface area contributed by atoms with Crippen molar-refractivity contribution in [1.29, 1.82) is 0 Å². The summed E-state index contributed by atoms with van der Waals surface area (Å²) in [5.41, 5.74) is 0.433. The number of carbonyl (C=O) groups is 1. The van der Waals surface area contributed by atoms with E-state index in [1.807, 2.05) is 0 Å². The standard InChI is InChI=1S/C10H15N3O2/c14-10(9-7-11-13-12-9)5-1-3-8-4-2-6-15-8/h7-8H,1-6H2,(H,11,12,13). The molecule has 1 N–H and O–H groups in total. The highest BCUT2D eigenvalue weighted by atomic mass is 16.5. The number of rotatable bonds is 5. The van der Waals surface area contributed by atoms with E-state index in [4.69, 9.17) is 4.74 Å². The number of ether oxygens (including phenoxy) is 1. The lowest BCUT2D eigenvalue weighted by Gasteiger charge is -2.07. The highest BCUT2D eigenvalue weighted by Gasteiger charge is 2.16. The van der Waals surface area contributed by atoms with E-state index in [1.54, 1.807) is 0 Å². The average Bonchev–Trinajstić information content (AvgIpc) is 2.90. The van der Waals surface area contributed by atoms with Crippen molar-refractivity contribution in [2.75, 3.05) is 6.61 Å². The molecule has 2 heterocycles. The van der Waals surface area contributed by atoms with E-state index in [0.29, 0.717) is 18.2 Å². The van der Waals surface area contributed by atoms with Crippen LogP contribution in [0.3, 0.4) is 0 Å². The number of aromatic nitrogens is 3. The molecule has 1 aliphatic heterocycles. The smallest absolute Gasteiger partial charge is 0.184 e. The SMILES string of the molecule is O=C(CCCC1CCCO1)c1cn[nH]n1. The van der Waals surface area contributed by atoms with Crippen molar-refractivity contribution < 1.29 is 9.53 Å². The minimum Gasteiger partial charge on any atom is -0.378 e. The second-order valence-electron chi connectivity index (χ2n) is 3.81. The first-order chi connectivity index (χ1) is 7.36. The maximum Gasteiger partial charge on any atom is 0.184 e. The molecule has 1 fully saturated rings. The molecule has 1 atom stereocenters. The van der Waals surface area contributed by atoms with Crippen LogP contribution in [0.4, 0.5) is 0 Å². The Morgan fingerprint density at radius 3 is 3.27 bits per heavy atom. The normalized spacial score (nSPS) is 20.7. The molecule has 82 valence electrons. The van der Waals surface area contributed by atoms with Crippen molar-refractivity contribution in [3.8, 4) is 0 Å². The molecule has 0 bridgehead atoms. The fraction of sp³-hybridized carbons (Fsp3) is 0.700. The molecule has 1 unspecified atom stereocenters. The molecule has 0 aromatic carbocycles. The van der Waals surface area contributed by atoms with Crippen LogP contribution in [0, 0.1) is 0 Å². The lowest BCUT2D eigenvalue weighted by Crippen LogP contribution is -2.06. The molecule has 5 heteroatoms. The van der Waals surface area contributed by atoms with E-state index in [0.717, 1.165) is 32.3 Å². The van der Waals surface area contributed by atoms with Gasteiger partial charge in [0.15, 0.2) is 5.78 Å². The van der Waals surface area contributed by atoms with Gasteiger partial charge in [-0.3, -0.25) is 4.79 Å². The topological polar surface area (TPSA) is 67.9 Å². The van der Waals surface area contributed by atoms with E-state index in [-0.39, 0.29) is 5.78 Å². The Morgan fingerprint density at radius 2 is 2.60 bits per heavy atom. The van der Waals surface area contributed by atoms with Gasteiger partial charge in [0.2, 0.25) is 0 Å². The van der Waals surface area contributed by atoms with Gasteiger partial charge in [-0.15, -0.1) is 0 Å². The zero-order chi connectivity index (χ0) is 10.5. The molecule has 0 aliphatic carbocycles. The first-order valence-corrected chi connectivity index (χ1v) is 5.37. The third-order valence-electron chi connectivity index (χ3n) is 2.65. The van der Waals surface area contributed by atoms with Gasteiger partial charge in [-0.1, -0.05) is 0 Å². The number of hydrogen-bond acceptors (Lipinski definition) is 4. The second kappa shape index (κ2) is 5.02. The summed E-state index contributed by atoms with van der Waals surface area (Å²) in [5, 5.41) is 9.79. The average molecular weight is 209 g/mol. The Bertz CT molecular complexity index is 304. The van der Waals surface area contributed by atoms with E-state index in [1.165, 1.54) is 6.20 Å². The van der Waals surface area contributed by atoms with Crippen molar-refractivity contribution in [2.24, 2.45) is 0 Å². The fourth-order valence-electron chi connectivity index (χ4n) is 1.83. The summed E-state index contributed by atoms with van der Waals surface area (Å²) >= 11 is 0. The zero-order valence-corrected chi connectivity index (χ0v) is 8.61. The van der Waals surface area contributed by atoms with Crippen molar-refractivity contribution in [2.45, 2.75) is 38.2 Å². The highest BCUT2D eigenvalue weighted by Crippen LogP contribution is 2.18. The largest absolute Gasteiger partial charge is 0.378 e. The van der Waals surface area contributed by atoms with E-state index >= 15 is 0 Å². The Kier molecular flexibility index (Phi) is 3.45. The minimum absolute atomic E-state index is 0.0572. The number of nitrogens with zero attached hydrogens (tertiary/aromatic N) is 2. The molecule has 1 aromatic rings. The van der Waals surface area contributed by atoms with Crippen LogP contribution in [0.2, 0.25) is 0 Å². The molecule has 0 saturated carbocycles. The van der Waals surface area contributed by atoms with Gasteiger partial charge >= 0.3 is 0 Å². The summed E-state index contributed by atoms with van der Waals surface area (Å²) in [6.07, 6.45) is 6.51. The van der Waals surface area contributed by atoms with Crippen LogP contribution in [0.25, 0.3) is 0 Å². The molecular formula is C10H15N3O2. The minimum atomic E-state index is 0.0572. The first kappa shape index (κ1) is 10.3. The Morgan fingerprint density at radius 1 is 1.67 bits per heavy atom. The van der Waals surface area contributed by atoms with Gasteiger partial charge < -0.3 is 4.74 Å². The Balaban J connectivity index is 1.67. The molecule has 1 aromatic heterocycles. The highest BCUT2D eigenvalue weighted by molar-refractivity contribution is 5.93. The number of Topliss-reactive ketones (excluding diaryl/α,β-unsaturated/α-hetero) is 1. The maximum atomic E-state index is 11.5. The van der Waals surface area contributed by atoms with Crippen LogP contribution in [0.15, 0.2) is 6.20 Å². The third-order valence-corrected chi connectivity index (χ3v) is 2.65. The molecule has 5 nitrogen and oxygen atoms in total. The van der Waals surface area contributed by atoms with Crippen LogP contribution in [-0.2, 0) is 4.74 Å². The summed E-state index contributed by atoms with van der Waals surface area (Å²) in [5.74, 6) is 0.0572. The van der Waals surface area contributed by atoms with E-state index < -0.39 is 0 Å². The zero-order valence-electron chi connectivity index (χ0n) is 8.61. The predicted molar refractivity (Wildman–Crippen MR) is 53.5 cm³/mol. The van der Waals surface area contributed by atoms with Gasteiger partial charge in [0.25, 0.3) is 0 Å². The van der Waals surface area contributed by atoms with Gasteiger partial charge in [-0.25, -0.2) is 0 Å². The number of aromatic amines is 1. The number of hydrogen-bond donors (Lipinski definition) is 1. The van der Waals surface area contributed by atoms with E-state index in [2.05, 4.69) is 15.4 Å². The van der Waals surface area contributed by atoms with Crippen LogP contribution in [0.5, 0.6) is 0 Å². The Hall–Kier alpha value is -1.23. The van der Waals surface area contributed by atoms with Crippen molar-refractivity contribution in [1.82, 2.24) is 15.4 Å². The van der Waals surface area contributed by atoms with E-state index in [9.17, 15) is 4.79 Å². The summed E-state index contributed by atoms with van der Waals surface area (Å²) in [6.45, 7) is 0.877. The summed E-state index contributed by atoms with van der Waals surface area (Å²) in [7, 11) is 0.